The normalized spacial score (nSPS) is 12.8. The monoisotopic (exact) mass is 291 g/mol. The Bertz CT molecular complexity index is 444. The minimum Gasteiger partial charge on any atom is -0.384 e. The van der Waals surface area contributed by atoms with Crippen LogP contribution in [0.3, 0.4) is 0 Å². The maximum atomic E-state index is 12.6. The minimum atomic E-state index is -4.75. The zero-order valence-electron chi connectivity index (χ0n) is 9.11. The van der Waals surface area contributed by atoms with Crippen molar-refractivity contribution < 1.29 is 30.7 Å². The molecule has 0 saturated carbocycles. The molecule has 0 amide bonds. The lowest BCUT2D eigenvalue weighted by Crippen LogP contribution is -2.35. The summed E-state index contributed by atoms with van der Waals surface area (Å²) in [7, 11) is 0. The Morgan fingerprint density at radius 1 is 1.16 bits per heavy atom. The second-order valence-electron chi connectivity index (χ2n) is 3.58. The number of nitrogens with zero attached hydrogens (tertiary/aromatic N) is 1. The molecule has 1 rings (SSSR count). The van der Waals surface area contributed by atoms with Crippen LogP contribution in [0.15, 0.2) is 12.1 Å². The van der Waals surface area contributed by atoms with Gasteiger partial charge in [0.2, 0.25) is 0 Å². The number of nitrogens with one attached hydrogen (secondary N) is 1. The summed E-state index contributed by atoms with van der Waals surface area (Å²) in [6.07, 6.45) is -8.69. The van der Waals surface area contributed by atoms with Gasteiger partial charge in [0, 0.05) is 0 Å². The molecule has 10 heteroatoms. The summed E-state index contributed by atoms with van der Waals surface area (Å²) in [5.74, 6) is -5.62. The lowest BCUT2D eigenvalue weighted by atomic mass is 10.2. The molecule has 3 N–H and O–H groups in total. The standard InChI is InChI=1S/C9H8F7N3/c10-7(11)8(12,13)3-18-6-2-4(9(14,15)16)1-5(17)19-6/h1-2,7H,3H2,(H3,17,18,19). The molecule has 0 radical (unpaired) electrons. The van der Waals surface area contributed by atoms with Crippen LogP contribution in [0, 0.1) is 0 Å². The van der Waals surface area contributed by atoms with Crippen molar-refractivity contribution in [3.05, 3.63) is 17.7 Å². The molecule has 3 nitrogen and oxygen atoms in total. The third kappa shape index (κ3) is 4.14. The highest BCUT2D eigenvalue weighted by Crippen LogP contribution is 2.32. The molecular weight excluding hydrogens is 283 g/mol. The molecule has 0 atom stereocenters. The number of aromatic nitrogens is 1. The molecule has 1 heterocycles. The van der Waals surface area contributed by atoms with E-state index in [2.05, 4.69) is 4.98 Å². The van der Waals surface area contributed by atoms with Crippen LogP contribution in [0.1, 0.15) is 5.56 Å². The van der Waals surface area contributed by atoms with E-state index in [0.717, 1.165) is 0 Å². The fraction of sp³-hybridized carbons (Fsp3) is 0.444. The average molecular weight is 291 g/mol. The number of pyridine rings is 1. The molecule has 0 unspecified atom stereocenters. The van der Waals surface area contributed by atoms with Crippen LogP contribution in [0.2, 0.25) is 0 Å². The Labute approximate surface area is 102 Å². The van der Waals surface area contributed by atoms with E-state index in [1.165, 1.54) is 0 Å². The van der Waals surface area contributed by atoms with Crippen LogP contribution in [0.25, 0.3) is 0 Å². The second kappa shape index (κ2) is 5.10. The molecule has 0 spiro atoms. The summed E-state index contributed by atoms with van der Waals surface area (Å²) in [5, 5.41) is 1.70. The largest absolute Gasteiger partial charge is 0.416 e. The third-order valence-electron chi connectivity index (χ3n) is 2.00. The highest BCUT2D eigenvalue weighted by atomic mass is 19.4. The first-order chi connectivity index (χ1) is 8.52. The fourth-order valence-corrected chi connectivity index (χ4v) is 1.09. The van der Waals surface area contributed by atoms with Gasteiger partial charge in [-0.05, 0) is 12.1 Å². The van der Waals surface area contributed by atoms with Crippen LogP contribution in [-0.2, 0) is 6.18 Å². The predicted octanol–water partition coefficient (Wildman–Crippen LogP) is 2.99. The van der Waals surface area contributed by atoms with Crippen molar-refractivity contribution in [2.75, 3.05) is 17.6 Å². The Balaban J connectivity index is 2.88. The van der Waals surface area contributed by atoms with Gasteiger partial charge in [-0.15, -0.1) is 0 Å². The number of halogens is 7. The molecule has 19 heavy (non-hydrogen) atoms. The van der Waals surface area contributed by atoms with Crippen molar-refractivity contribution in [3.63, 3.8) is 0 Å². The fourth-order valence-electron chi connectivity index (χ4n) is 1.09. The summed E-state index contributed by atoms with van der Waals surface area (Å²) in [4.78, 5) is 3.30. The second-order valence-corrected chi connectivity index (χ2v) is 3.58. The average Bonchev–Trinajstić information content (AvgIpc) is 2.24. The van der Waals surface area contributed by atoms with E-state index in [1.807, 2.05) is 0 Å². The molecule has 0 saturated heterocycles. The van der Waals surface area contributed by atoms with E-state index < -0.39 is 42.3 Å². The zero-order valence-corrected chi connectivity index (χ0v) is 9.11. The summed E-state index contributed by atoms with van der Waals surface area (Å²) in [6, 6.07) is 0.897. The number of anilines is 2. The third-order valence-corrected chi connectivity index (χ3v) is 2.00. The Kier molecular flexibility index (Phi) is 4.11. The summed E-state index contributed by atoms with van der Waals surface area (Å²) >= 11 is 0. The van der Waals surface area contributed by atoms with Gasteiger partial charge in [-0.1, -0.05) is 0 Å². The van der Waals surface area contributed by atoms with Gasteiger partial charge in [-0.2, -0.15) is 22.0 Å². The number of alkyl halides is 7. The molecule has 0 aliphatic rings. The molecule has 0 bridgehead atoms. The zero-order chi connectivity index (χ0) is 14.8. The predicted molar refractivity (Wildman–Crippen MR) is 53.1 cm³/mol. The van der Waals surface area contributed by atoms with Crippen molar-refractivity contribution in [2.24, 2.45) is 0 Å². The van der Waals surface area contributed by atoms with E-state index in [0.29, 0.717) is 12.1 Å². The highest BCUT2D eigenvalue weighted by molar-refractivity contribution is 5.47. The van der Waals surface area contributed by atoms with Crippen molar-refractivity contribution in [1.82, 2.24) is 4.98 Å². The molecule has 108 valence electrons. The number of hydrogen-bond donors (Lipinski definition) is 2. The van der Waals surface area contributed by atoms with Gasteiger partial charge < -0.3 is 11.1 Å². The first-order valence-electron chi connectivity index (χ1n) is 4.77. The van der Waals surface area contributed by atoms with E-state index >= 15 is 0 Å². The first-order valence-corrected chi connectivity index (χ1v) is 4.77. The minimum absolute atomic E-state index is 0.401. The van der Waals surface area contributed by atoms with Gasteiger partial charge in [0.15, 0.2) is 0 Å². The van der Waals surface area contributed by atoms with Crippen LogP contribution in [0.4, 0.5) is 42.4 Å². The smallest absolute Gasteiger partial charge is 0.384 e. The maximum absolute atomic E-state index is 12.6. The number of rotatable bonds is 4. The van der Waals surface area contributed by atoms with Gasteiger partial charge in [-0.3, -0.25) is 0 Å². The van der Waals surface area contributed by atoms with Crippen molar-refractivity contribution in [1.29, 1.82) is 0 Å². The van der Waals surface area contributed by atoms with Crippen molar-refractivity contribution in [3.8, 4) is 0 Å². The van der Waals surface area contributed by atoms with Crippen molar-refractivity contribution in [2.45, 2.75) is 18.5 Å². The van der Waals surface area contributed by atoms with Crippen molar-refractivity contribution >= 4 is 11.6 Å². The van der Waals surface area contributed by atoms with E-state index in [4.69, 9.17) is 5.73 Å². The quantitative estimate of drug-likeness (QED) is 0.838. The number of hydrogen-bond acceptors (Lipinski definition) is 3. The molecule has 0 aliphatic heterocycles. The molecule has 1 aromatic heterocycles. The summed E-state index contributed by atoms with van der Waals surface area (Å²) < 4.78 is 86.0. The van der Waals surface area contributed by atoms with Gasteiger partial charge in [-0.25, -0.2) is 13.8 Å². The Morgan fingerprint density at radius 3 is 2.21 bits per heavy atom. The van der Waals surface area contributed by atoms with Crippen LogP contribution in [-0.4, -0.2) is 23.9 Å². The lowest BCUT2D eigenvalue weighted by molar-refractivity contribution is -0.137. The van der Waals surface area contributed by atoms with Gasteiger partial charge in [0.25, 0.3) is 0 Å². The maximum Gasteiger partial charge on any atom is 0.416 e. The topological polar surface area (TPSA) is 50.9 Å². The van der Waals surface area contributed by atoms with E-state index in [1.54, 1.807) is 5.32 Å². The summed E-state index contributed by atoms with van der Waals surface area (Å²) in [6.45, 7) is -1.56. The first kappa shape index (κ1) is 15.3. The number of nitrogens with two attached hydrogens (primary N) is 1. The van der Waals surface area contributed by atoms with Gasteiger partial charge in [0.1, 0.15) is 11.6 Å². The molecular formula is C9H8F7N3. The van der Waals surface area contributed by atoms with E-state index in [-0.39, 0.29) is 0 Å². The number of nitrogen functional groups attached to an aromatic ring is 1. The Hall–Kier alpha value is -1.74. The SMILES string of the molecule is Nc1cc(C(F)(F)F)cc(NCC(F)(F)C(F)F)n1. The van der Waals surface area contributed by atoms with E-state index in [9.17, 15) is 30.7 Å². The van der Waals surface area contributed by atoms with Gasteiger partial charge in [0.05, 0.1) is 12.1 Å². The molecule has 1 aromatic rings. The molecule has 0 aromatic carbocycles. The Morgan fingerprint density at radius 2 is 1.74 bits per heavy atom. The van der Waals surface area contributed by atoms with Crippen LogP contribution < -0.4 is 11.1 Å². The summed E-state index contributed by atoms with van der Waals surface area (Å²) in [5.41, 5.74) is 3.85. The highest BCUT2D eigenvalue weighted by Gasteiger charge is 2.40. The van der Waals surface area contributed by atoms with Gasteiger partial charge >= 0.3 is 18.5 Å². The van der Waals surface area contributed by atoms with Crippen LogP contribution >= 0.6 is 0 Å². The molecule has 0 aliphatic carbocycles. The lowest BCUT2D eigenvalue weighted by Gasteiger charge is -2.17. The van der Waals surface area contributed by atoms with Crippen LogP contribution in [0.5, 0.6) is 0 Å². The molecule has 0 fully saturated rings.